The molecule has 0 radical (unpaired) electrons. The number of benzene rings is 2. The molecule has 2 aromatic carbocycles. The molecule has 0 aliphatic rings. The molecule has 23 heavy (non-hydrogen) atoms. The first-order chi connectivity index (χ1) is 10.8. The molecule has 0 bridgehead atoms. The summed E-state index contributed by atoms with van der Waals surface area (Å²) in [6.45, 7) is 6.64. The van der Waals surface area contributed by atoms with Crippen molar-refractivity contribution in [2.75, 3.05) is 7.11 Å². The molecule has 1 amide bonds. The van der Waals surface area contributed by atoms with E-state index < -0.39 is 11.7 Å². The Morgan fingerprint density at radius 3 is 2.48 bits per heavy atom. The highest BCUT2D eigenvalue weighted by molar-refractivity contribution is 5.94. The highest BCUT2D eigenvalue weighted by atomic mass is 19.1. The Labute approximate surface area is 136 Å². The zero-order valence-corrected chi connectivity index (χ0v) is 13.9. The summed E-state index contributed by atoms with van der Waals surface area (Å²) in [5.74, 6) is -0.159. The van der Waals surface area contributed by atoms with Crippen LogP contribution in [0.3, 0.4) is 0 Å². The van der Waals surface area contributed by atoms with Gasteiger partial charge in [0.25, 0.3) is 5.91 Å². The van der Waals surface area contributed by atoms with Gasteiger partial charge in [0.1, 0.15) is 11.6 Å². The number of nitrogens with one attached hydrogen (secondary N) is 1. The molecule has 0 aliphatic heterocycles. The summed E-state index contributed by atoms with van der Waals surface area (Å²) in [5.41, 5.74) is 2.04. The minimum absolute atomic E-state index is 0.0540. The summed E-state index contributed by atoms with van der Waals surface area (Å²) in [6.07, 6.45) is 0. The molecule has 122 valence electrons. The molecular formula is C19H22FNO2. The molecule has 0 unspecified atom stereocenters. The molecule has 4 heteroatoms. The van der Waals surface area contributed by atoms with E-state index in [1.165, 1.54) is 12.1 Å². The van der Waals surface area contributed by atoms with Crippen molar-refractivity contribution in [2.45, 2.75) is 32.7 Å². The van der Waals surface area contributed by atoms with Gasteiger partial charge < -0.3 is 10.1 Å². The van der Waals surface area contributed by atoms with Gasteiger partial charge in [0, 0.05) is 6.54 Å². The maximum absolute atomic E-state index is 13.7. The van der Waals surface area contributed by atoms with E-state index in [1.54, 1.807) is 19.2 Å². The van der Waals surface area contributed by atoms with Crippen LogP contribution in [-0.4, -0.2) is 13.0 Å². The summed E-state index contributed by atoms with van der Waals surface area (Å²) in [5, 5.41) is 2.79. The van der Waals surface area contributed by atoms with Gasteiger partial charge >= 0.3 is 0 Å². The van der Waals surface area contributed by atoms with Crippen LogP contribution in [0.4, 0.5) is 4.39 Å². The average molecular weight is 315 g/mol. The quantitative estimate of drug-likeness (QED) is 0.924. The molecule has 0 fully saturated rings. The monoisotopic (exact) mass is 315 g/mol. The first-order valence-electron chi connectivity index (χ1n) is 7.53. The van der Waals surface area contributed by atoms with E-state index in [9.17, 15) is 9.18 Å². The van der Waals surface area contributed by atoms with E-state index in [0.29, 0.717) is 6.54 Å². The van der Waals surface area contributed by atoms with Gasteiger partial charge in [-0.1, -0.05) is 39.0 Å². The lowest BCUT2D eigenvalue weighted by Gasteiger charge is -2.24. The van der Waals surface area contributed by atoms with Crippen molar-refractivity contribution in [1.29, 1.82) is 0 Å². The molecule has 0 aromatic heterocycles. The minimum atomic E-state index is -0.518. The van der Waals surface area contributed by atoms with Gasteiger partial charge in [0.05, 0.1) is 12.7 Å². The van der Waals surface area contributed by atoms with Crippen molar-refractivity contribution < 1.29 is 13.9 Å². The predicted octanol–water partition coefficient (Wildman–Crippen LogP) is 4.06. The van der Waals surface area contributed by atoms with Crippen LogP contribution >= 0.6 is 0 Å². The summed E-state index contributed by atoms with van der Waals surface area (Å²) < 4.78 is 18.9. The van der Waals surface area contributed by atoms with Crippen LogP contribution in [0.2, 0.25) is 0 Å². The second-order valence-corrected chi connectivity index (χ2v) is 6.44. The van der Waals surface area contributed by atoms with E-state index in [2.05, 4.69) is 26.1 Å². The van der Waals surface area contributed by atoms with Gasteiger partial charge in [-0.25, -0.2) is 4.39 Å². The fraction of sp³-hybridized carbons (Fsp3) is 0.316. The molecule has 0 saturated carbocycles. The molecule has 1 N–H and O–H groups in total. The fourth-order valence-corrected chi connectivity index (χ4v) is 2.45. The summed E-state index contributed by atoms with van der Waals surface area (Å²) in [7, 11) is 1.63. The Hall–Kier alpha value is -2.36. The van der Waals surface area contributed by atoms with E-state index in [4.69, 9.17) is 4.74 Å². The number of carbonyl (C=O) groups is 1. The maximum atomic E-state index is 13.7. The van der Waals surface area contributed by atoms with Crippen LogP contribution in [0.5, 0.6) is 5.75 Å². The second-order valence-electron chi connectivity index (χ2n) is 6.44. The number of ether oxygens (including phenoxy) is 1. The first-order valence-corrected chi connectivity index (χ1v) is 7.53. The third-order valence-electron chi connectivity index (χ3n) is 3.68. The van der Waals surface area contributed by atoms with E-state index >= 15 is 0 Å². The normalized spacial score (nSPS) is 11.2. The Morgan fingerprint density at radius 2 is 1.87 bits per heavy atom. The number of hydrogen-bond donors (Lipinski definition) is 1. The third kappa shape index (κ3) is 4.09. The number of methoxy groups -OCH3 is 1. The standard InChI is InChI=1S/C19H22FNO2/c1-19(2,3)16-11-14(23-4)10-9-13(16)12-21-18(22)15-7-5-6-8-17(15)20/h5-11H,12H2,1-4H3,(H,21,22). The van der Waals surface area contributed by atoms with Crippen molar-refractivity contribution in [3.8, 4) is 5.75 Å². The van der Waals surface area contributed by atoms with Crippen LogP contribution in [0.25, 0.3) is 0 Å². The van der Waals surface area contributed by atoms with Crippen LogP contribution in [-0.2, 0) is 12.0 Å². The number of carbonyl (C=O) groups excluding carboxylic acids is 1. The molecule has 0 heterocycles. The van der Waals surface area contributed by atoms with Crippen molar-refractivity contribution >= 4 is 5.91 Å². The molecule has 2 aromatic rings. The summed E-state index contributed by atoms with van der Waals surface area (Å²) in [6, 6.07) is 11.7. The Kier molecular flexibility index (Phi) is 5.04. The number of rotatable bonds is 4. The topological polar surface area (TPSA) is 38.3 Å². The largest absolute Gasteiger partial charge is 0.497 e. The maximum Gasteiger partial charge on any atom is 0.254 e. The molecule has 0 spiro atoms. The van der Waals surface area contributed by atoms with Gasteiger partial charge in [0.15, 0.2) is 0 Å². The number of halogens is 1. The van der Waals surface area contributed by atoms with Crippen molar-refractivity contribution in [3.63, 3.8) is 0 Å². The van der Waals surface area contributed by atoms with Gasteiger partial charge in [-0.2, -0.15) is 0 Å². The van der Waals surface area contributed by atoms with Gasteiger partial charge in [0.2, 0.25) is 0 Å². The Bertz CT molecular complexity index is 705. The van der Waals surface area contributed by atoms with Crippen molar-refractivity contribution in [2.24, 2.45) is 0 Å². The van der Waals surface area contributed by atoms with E-state index in [-0.39, 0.29) is 11.0 Å². The zero-order valence-electron chi connectivity index (χ0n) is 13.9. The summed E-state index contributed by atoms with van der Waals surface area (Å²) >= 11 is 0. The number of hydrogen-bond acceptors (Lipinski definition) is 2. The fourth-order valence-electron chi connectivity index (χ4n) is 2.45. The highest BCUT2D eigenvalue weighted by Crippen LogP contribution is 2.29. The smallest absolute Gasteiger partial charge is 0.254 e. The molecule has 2 rings (SSSR count). The van der Waals surface area contributed by atoms with Crippen LogP contribution in [0.15, 0.2) is 42.5 Å². The molecule has 0 saturated heterocycles. The lowest BCUT2D eigenvalue weighted by molar-refractivity contribution is 0.0946. The molecule has 0 aliphatic carbocycles. The molecular weight excluding hydrogens is 293 g/mol. The Balaban J connectivity index is 2.21. The average Bonchev–Trinajstić information content (AvgIpc) is 2.52. The Morgan fingerprint density at radius 1 is 1.17 bits per heavy atom. The summed E-state index contributed by atoms with van der Waals surface area (Å²) in [4.78, 5) is 12.1. The first kappa shape index (κ1) is 17.0. The second kappa shape index (κ2) is 6.82. The van der Waals surface area contributed by atoms with Crippen molar-refractivity contribution in [3.05, 3.63) is 65.0 Å². The van der Waals surface area contributed by atoms with E-state index in [1.807, 2.05) is 18.2 Å². The van der Waals surface area contributed by atoms with Crippen LogP contribution in [0.1, 0.15) is 42.3 Å². The lowest BCUT2D eigenvalue weighted by atomic mass is 9.83. The zero-order chi connectivity index (χ0) is 17.0. The molecule has 0 atom stereocenters. The predicted molar refractivity (Wildman–Crippen MR) is 89.3 cm³/mol. The van der Waals surface area contributed by atoms with E-state index in [0.717, 1.165) is 16.9 Å². The van der Waals surface area contributed by atoms with Gasteiger partial charge in [-0.15, -0.1) is 0 Å². The molecule has 3 nitrogen and oxygen atoms in total. The lowest BCUT2D eigenvalue weighted by Crippen LogP contribution is -2.26. The van der Waals surface area contributed by atoms with Gasteiger partial charge in [-0.05, 0) is 40.8 Å². The SMILES string of the molecule is COc1ccc(CNC(=O)c2ccccc2F)c(C(C)(C)C)c1. The van der Waals surface area contributed by atoms with Crippen LogP contribution in [0, 0.1) is 5.82 Å². The van der Waals surface area contributed by atoms with Crippen LogP contribution < -0.4 is 10.1 Å². The van der Waals surface area contributed by atoms with Gasteiger partial charge in [-0.3, -0.25) is 4.79 Å². The minimum Gasteiger partial charge on any atom is -0.497 e. The number of amides is 1. The van der Waals surface area contributed by atoms with Crippen molar-refractivity contribution in [1.82, 2.24) is 5.32 Å². The highest BCUT2D eigenvalue weighted by Gasteiger charge is 2.19. The third-order valence-corrected chi connectivity index (χ3v) is 3.68.